The second-order valence-corrected chi connectivity index (χ2v) is 8.29. The molecule has 0 bridgehead atoms. The van der Waals surface area contributed by atoms with Gasteiger partial charge in [0.2, 0.25) is 5.91 Å². The lowest BCUT2D eigenvalue weighted by Gasteiger charge is -2.29. The van der Waals surface area contributed by atoms with Crippen LogP contribution < -0.4 is 20.7 Å². The number of hydrogen-bond donors (Lipinski definition) is 3. The smallest absolute Gasteiger partial charge is 0.405 e. The van der Waals surface area contributed by atoms with Crippen molar-refractivity contribution >= 4 is 28.7 Å². The summed E-state index contributed by atoms with van der Waals surface area (Å²) in [6, 6.07) is 9.47. The maximum absolute atomic E-state index is 12.7. The third kappa shape index (κ3) is 6.52. The third-order valence-corrected chi connectivity index (χ3v) is 5.83. The van der Waals surface area contributed by atoms with E-state index in [9.17, 15) is 28.1 Å². The van der Waals surface area contributed by atoms with Gasteiger partial charge in [0, 0.05) is 23.7 Å². The van der Waals surface area contributed by atoms with Crippen LogP contribution in [0, 0.1) is 23.0 Å². The number of para-hydroxylation sites is 1. The van der Waals surface area contributed by atoms with Gasteiger partial charge in [-0.15, -0.1) is 0 Å². The molecule has 1 fully saturated rings. The Labute approximate surface area is 195 Å². The Hall–Kier alpha value is -3.50. The number of rotatable bonds is 8. The topological polar surface area (TPSA) is 106 Å². The molecule has 1 aliphatic rings. The van der Waals surface area contributed by atoms with Gasteiger partial charge in [-0.1, -0.05) is 12.1 Å². The molecule has 8 nitrogen and oxygen atoms in total. The molecular formula is C23H27F3N4O4. The molecule has 0 unspecified atom stereocenters. The Morgan fingerprint density at radius 3 is 2.44 bits per heavy atom. The van der Waals surface area contributed by atoms with E-state index in [0.717, 1.165) is 5.56 Å². The predicted octanol–water partition coefficient (Wildman–Crippen LogP) is 5.50. The van der Waals surface area contributed by atoms with Gasteiger partial charge >= 0.3 is 11.9 Å². The number of halogens is 3. The molecule has 0 radical (unpaired) electrons. The number of nitro benzene ring substituents is 1. The molecule has 0 heterocycles. The van der Waals surface area contributed by atoms with Gasteiger partial charge in [0.25, 0.3) is 0 Å². The van der Waals surface area contributed by atoms with Crippen molar-refractivity contribution in [3.05, 3.63) is 52.1 Å². The molecule has 1 amide bonds. The molecule has 0 spiro atoms. The number of nitro groups is 1. The summed E-state index contributed by atoms with van der Waals surface area (Å²) in [5.41, 5.74) is 1.12. The first-order valence-corrected chi connectivity index (χ1v) is 10.9. The summed E-state index contributed by atoms with van der Waals surface area (Å²) >= 11 is 0. The van der Waals surface area contributed by atoms with Gasteiger partial charge in [0.15, 0.2) is 0 Å². The highest BCUT2D eigenvalue weighted by Gasteiger charge is 2.31. The first-order chi connectivity index (χ1) is 16.1. The molecule has 0 aliphatic heterocycles. The molecule has 1 aliphatic carbocycles. The molecule has 3 rings (SSSR count). The number of carbonyl (C=O) groups is 1. The maximum atomic E-state index is 12.7. The van der Waals surface area contributed by atoms with Crippen LogP contribution in [0.1, 0.15) is 31.2 Å². The quantitative estimate of drug-likeness (QED) is 0.341. The lowest BCUT2D eigenvalue weighted by Crippen LogP contribution is -2.32. The van der Waals surface area contributed by atoms with Crippen molar-refractivity contribution in [2.45, 2.75) is 44.8 Å². The van der Waals surface area contributed by atoms with Crippen LogP contribution in [-0.2, 0) is 4.79 Å². The number of hydrogen-bond acceptors (Lipinski definition) is 6. The zero-order chi connectivity index (χ0) is 24.9. The van der Waals surface area contributed by atoms with Gasteiger partial charge in [0.05, 0.1) is 12.0 Å². The minimum Gasteiger partial charge on any atom is -0.496 e. The standard InChI is InChI=1S/C23H27F3N4O4/c1-14-6-9-17(12-20(14)34-2)29-22(31)15-7-10-16(11-8-15)28-19-5-3-4-18(21(19)30(32)33)27-13-23(24,25)26/h3-6,9,12,15-16,27-28H,7-8,10-11,13H2,1-2H3,(H,29,31). The number of alkyl halides is 3. The van der Waals surface area contributed by atoms with Gasteiger partial charge in [-0.3, -0.25) is 14.9 Å². The van der Waals surface area contributed by atoms with Crippen molar-refractivity contribution in [2.24, 2.45) is 5.92 Å². The normalized spacial score (nSPS) is 18.1. The van der Waals surface area contributed by atoms with E-state index in [0.29, 0.717) is 37.1 Å². The van der Waals surface area contributed by atoms with E-state index in [1.807, 2.05) is 19.1 Å². The largest absolute Gasteiger partial charge is 0.496 e. The molecule has 34 heavy (non-hydrogen) atoms. The van der Waals surface area contributed by atoms with Crippen molar-refractivity contribution in [1.82, 2.24) is 0 Å². The number of ether oxygens (including phenoxy) is 1. The van der Waals surface area contributed by atoms with Crippen LogP contribution in [0.4, 0.5) is 35.9 Å². The summed E-state index contributed by atoms with van der Waals surface area (Å²) in [5, 5.41) is 19.7. The van der Waals surface area contributed by atoms with Crippen LogP contribution in [0.2, 0.25) is 0 Å². The van der Waals surface area contributed by atoms with Gasteiger partial charge in [0.1, 0.15) is 23.7 Å². The van der Waals surface area contributed by atoms with E-state index < -0.39 is 23.3 Å². The van der Waals surface area contributed by atoms with E-state index in [2.05, 4.69) is 16.0 Å². The number of anilines is 3. The Kier molecular flexibility index (Phi) is 7.85. The third-order valence-electron chi connectivity index (χ3n) is 5.83. The molecule has 0 aromatic heterocycles. The monoisotopic (exact) mass is 480 g/mol. The number of nitrogens with one attached hydrogen (secondary N) is 3. The van der Waals surface area contributed by atoms with Crippen LogP contribution in [0.15, 0.2) is 36.4 Å². The number of carbonyl (C=O) groups excluding carboxylic acids is 1. The number of aryl methyl sites for hydroxylation is 1. The van der Waals surface area contributed by atoms with Crippen LogP contribution in [0.5, 0.6) is 5.75 Å². The molecule has 2 aromatic rings. The summed E-state index contributed by atoms with van der Waals surface area (Å²) < 4.78 is 42.9. The summed E-state index contributed by atoms with van der Waals surface area (Å²) in [6.45, 7) is 0.537. The Bertz CT molecular complexity index is 1040. The van der Waals surface area contributed by atoms with Crippen LogP contribution in [-0.4, -0.2) is 36.7 Å². The zero-order valence-corrected chi connectivity index (χ0v) is 18.9. The first-order valence-electron chi connectivity index (χ1n) is 10.9. The van der Waals surface area contributed by atoms with Gasteiger partial charge in [-0.2, -0.15) is 13.2 Å². The molecule has 184 valence electrons. The van der Waals surface area contributed by atoms with Crippen LogP contribution >= 0.6 is 0 Å². The SMILES string of the molecule is COc1cc(NC(=O)C2CCC(Nc3cccc(NCC(F)(F)F)c3[N+](=O)[O-])CC2)ccc1C. The average molecular weight is 480 g/mol. The van der Waals surface area contributed by atoms with Crippen molar-refractivity contribution < 1.29 is 27.6 Å². The van der Waals surface area contributed by atoms with E-state index >= 15 is 0 Å². The fourth-order valence-corrected chi connectivity index (χ4v) is 4.06. The maximum Gasteiger partial charge on any atom is 0.405 e. The summed E-state index contributed by atoms with van der Waals surface area (Å²) in [6.07, 6.45) is -2.17. The average Bonchev–Trinajstić information content (AvgIpc) is 2.78. The predicted molar refractivity (Wildman–Crippen MR) is 123 cm³/mol. The Morgan fingerprint density at radius 1 is 1.15 bits per heavy atom. The highest BCUT2D eigenvalue weighted by Crippen LogP contribution is 2.36. The molecule has 1 saturated carbocycles. The van der Waals surface area contributed by atoms with E-state index in [1.165, 1.54) is 18.2 Å². The van der Waals surface area contributed by atoms with Crippen LogP contribution in [0.25, 0.3) is 0 Å². The Balaban J connectivity index is 1.60. The lowest BCUT2D eigenvalue weighted by atomic mass is 9.85. The van der Waals surface area contributed by atoms with Crippen LogP contribution in [0.3, 0.4) is 0 Å². The van der Waals surface area contributed by atoms with E-state index in [-0.39, 0.29) is 29.2 Å². The molecular weight excluding hydrogens is 453 g/mol. The van der Waals surface area contributed by atoms with Crippen molar-refractivity contribution in [3.8, 4) is 5.75 Å². The fourth-order valence-electron chi connectivity index (χ4n) is 4.06. The van der Waals surface area contributed by atoms with Gasteiger partial charge in [-0.25, -0.2) is 0 Å². The van der Waals surface area contributed by atoms with Crippen molar-refractivity contribution in [2.75, 3.05) is 29.6 Å². The number of nitrogens with zero attached hydrogens (tertiary/aromatic N) is 1. The molecule has 11 heteroatoms. The molecule has 0 saturated heterocycles. The Morgan fingerprint density at radius 2 is 1.82 bits per heavy atom. The highest BCUT2D eigenvalue weighted by atomic mass is 19.4. The molecule has 0 atom stereocenters. The summed E-state index contributed by atoms with van der Waals surface area (Å²) in [5.74, 6) is 0.369. The van der Waals surface area contributed by atoms with Gasteiger partial charge < -0.3 is 20.7 Å². The summed E-state index contributed by atoms with van der Waals surface area (Å²) in [4.78, 5) is 23.6. The molecule has 2 aromatic carbocycles. The lowest BCUT2D eigenvalue weighted by molar-refractivity contribution is -0.383. The zero-order valence-electron chi connectivity index (χ0n) is 18.9. The minimum absolute atomic E-state index is 0.103. The van der Waals surface area contributed by atoms with Gasteiger partial charge in [-0.05, 0) is 56.4 Å². The second kappa shape index (κ2) is 10.6. The van der Waals surface area contributed by atoms with Crippen molar-refractivity contribution in [3.63, 3.8) is 0 Å². The minimum atomic E-state index is -4.50. The first kappa shape index (κ1) is 25.1. The van der Waals surface area contributed by atoms with E-state index in [4.69, 9.17) is 4.74 Å². The fraction of sp³-hybridized carbons (Fsp3) is 0.435. The number of benzene rings is 2. The number of amides is 1. The second-order valence-electron chi connectivity index (χ2n) is 8.29. The van der Waals surface area contributed by atoms with E-state index in [1.54, 1.807) is 13.2 Å². The summed E-state index contributed by atoms with van der Waals surface area (Å²) in [7, 11) is 1.56. The highest BCUT2D eigenvalue weighted by molar-refractivity contribution is 5.92. The number of methoxy groups -OCH3 is 1. The van der Waals surface area contributed by atoms with Crippen molar-refractivity contribution in [1.29, 1.82) is 0 Å². The molecule has 3 N–H and O–H groups in total.